The van der Waals surface area contributed by atoms with Gasteiger partial charge in [-0.05, 0) is 20.8 Å². The summed E-state index contributed by atoms with van der Waals surface area (Å²) in [6.07, 6.45) is 2.48. The van der Waals surface area contributed by atoms with Crippen LogP contribution >= 0.6 is 0 Å². The molecule has 1 atom stereocenters. The predicted molar refractivity (Wildman–Crippen MR) is 82.6 cm³/mol. The van der Waals surface area contributed by atoms with Gasteiger partial charge in [-0.3, -0.25) is 14.4 Å². The van der Waals surface area contributed by atoms with Gasteiger partial charge in [0, 0.05) is 37.9 Å². The van der Waals surface area contributed by atoms with Crippen molar-refractivity contribution in [1.82, 2.24) is 30.1 Å². The molecule has 1 unspecified atom stereocenters. The van der Waals surface area contributed by atoms with E-state index < -0.39 is 0 Å². The molecule has 1 saturated heterocycles. The van der Waals surface area contributed by atoms with E-state index in [1.54, 1.807) is 6.92 Å². The van der Waals surface area contributed by atoms with Crippen molar-refractivity contribution in [3.63, 3.8) is 0 Å². The molecule has 3 heterocycles. The zero-order valence-electron chi connectivity index (χ0n) is 13.7. The molecule has 1 amide bonds. The number of hydrogen-bond donors (Lipinski definition) is 1. The lowest BCUT2D eigenvalue weighted by molar-refractivity contribution is -0.129. The maximum absolute atomic E-state index is 12.3. The molecule has 0 spiro atoms. The molecular weight excluding hydrogens is 296 g/mol. The molecule has 8 nitrogen and oxygen atoms in total. The molecule has 1 fully saturated rings. The van der Waals surface area contributed by atoms with Crippen LogP contribution < -0.4 is 5.32 Å². The number of amides is 1. The Hall–Kier alpha value is -2.22. The molecule has 2 aromatic heterocycles. The first-order valence-electron chi connectivity index (χ1n) is 7.90. The maximum Gasteiger partial charge on any atom is 0.237 e. The van der Waals surface area contributed by atoms with Crippen LogP contribution in [0.3, 0.4) is 0 Å². The van der Waals surface area contributed by atoms with Crippen LogP contribution in [0.25, 0.3) is 0 Å². The molecule has 1 aliphatic heterocycles. The Labute approximate surface area is 134 Å². The molecular formula is C15H22N6O2. The third kappa shape index (κ3) is 3.42. The number of nitrogens with zero attached hydrogens (tertiary/aromatic N) is 5. The van der Waals surface area contributed by atoms with E-state index in [9.17, 15) is 4.79 Å². The first-order valence-corrected chi connectivity index (χ1v) is 7.90. The van der Waals surface area contributed by atoms with Crippen molar-refractivity contribution < 1.29 is 9.32 Å². The van der Waals surface area contributed by atoms with Crippen molar-refractivity contribution in [1.29, 1.82) is 0 Å². The van der Waals surface area contributed by atoms with E-state index in [-0.39, 0.29) is 11.9 Å². The molecule has 0 saturated carbocycles. The minimum Gasteiger partial charge on any atom is -0.353 e. The number of rotatable bonds is 5. The van der Waals surface area contributed by atoms with E-state index in [2.05, 4.69) is 38.6 Å². The lowest BCUT2D eigenvalue weighted by atomic mass is 10.1. The molecule has 0 bridgehead atoms. The van der Waals surface area contributed by atoms with Crippen LogP contribution in [-0.4, -0.2) is 49.9 Å². The summed E-state index contributed by atoms with van der Waals surface area (Å²) < 4.78 is 7.10. The average molecular weight is 318 g/mol. The largest absolute Gasteiger partial charge is 0.353 e. The van der Waals surface area contributed by atoms with Gasteiger partial charge in [-0.25, -0.2) is 0 Å². The monoisotopic (exact) mass is 318 g/mol. The molecule has 23 heavy (non-hydrogen) atoms. The highest BCUT2D eigenvalue weighted by Crippen LogP contribution is 2.16. The summed E-state index contributed by atoms with van der Waals surface area (Å²) in [5, 5.41) is 11.2. The third-order valence-corrected chi connectivity index (χ3v) is 4.12. The van der Waals surface area contributed by atoms with Gasteiger partial charge in [0.1, 0.15) is 0 Å². The highest BCUT2D eigenvalue weighted by molar-refractivity contribution is 5.82. The van der Waals surface area contributed by atoms with Crippen molar-refractivity contribution in [2.75, 3.05) is 13.1 Å². The van der Waals surface area contributed by atoms with Gasteiger partial charge in [0.05, 0.1) is 18.2 Å². The average Bonchev–Trinajstić information content (AvgIpc) is 3.09. The first-order chi connectivity index (χ1) is 11.1. The second-order valence-corrected chi connectivity index (χ2v) is 5.81. The van der Waals surface area contributed by atoms with E-state index in [0.717, 1.165) is 24.3 Å². The molecule has 2 aromatic rings. The van der Waals surface area contributed by atoms with Crippen LogP contribution in [0.1, 0.15) is 29.9 Å². The zero-order chi connectivity index (χ0) is 16.4. The Morgan fingerprint density at radius 1 is 1.43 bits per heavy atom. The number of aromatic nitrogens is 4. The lowest BCUT2D eigenvalue weighted by Crippen LogP contribution is -2.55. The minimum atomic E-state index is -0.298. The van der Waals surface area contributed by atoms with Crippen LogP contribution in [-0.2, 0) is 24.3 Å². The summed E-state index contributed by atoms with van der Waals surface area (Å²) in [4.78, 5) is 18.7. The van der Waals surface area contributed by atoms with Crippen molar-refractivity contribution in [2.45, 2.75) is 46.3 Å². The second-order valence-electron chi connectivity index (χ2n) is 5.81. The summed E-state index contributed by atoms with van der Waals surface area (Å²) >= 11 is 0. The fourth-order valence-corrected chi connectivity index (χ4v) is 2.86. The van der Waals surface area contributed by atoms with Gasteiger partial charge in [-0.1, -0.05) is 5.16 Å². The minimum absolute atomic E-state index is 0.00707. The van der Waals surface area contributed by atoms with Crippen molar-refractivity contribution >= 4 is 5.91 Å². The van der Waals surface area contributed by atoms with Crippen LogP contribution in [0.4, 0.5) is 0 Å². The van der Waals surface area contributed by atoms with Gasteiger partial charge in [-0.2, -0.15) is 10.1 Å². The van der Waals surface area contributed by atoms with Crippen molar-refractivity contribution in [3.05, 3.63) is 29.2 Å². The molecule has 0 aliphatic carbocycles. The van der Waals surface area contributed by atoms with Gasteiger partial charge in [0.2, 0.25) is 11.8 Å². The predicted octanol–water partition coefficient (Wildman–Crippen LogP) is 0.446. The smallest absolute Gasteiger partial charge is 0.237 e. The first kappa shape index (κ1) is 15.7. The fourth-order valence-electron chi connectivity index (χ4n) is 2.86. The summed E-state index contributed by atoms with van der Waals surface area (Å²) in [6, 6.07) is -0.298. The van der Waals surface area contributed by atoms with Gasteiger partial charge in [0.25, 0.3) is 0 Å². The number of piperazine rings is 1. The second kappa shape index (κ2) is 6.49. The summed E-state index contributed by atoms with van der Waals surface area (Å²) in [6.45, 7) is 8.81. The standard InChI is InChI=1S/C15H22N6O2/c1-4-21-9-12(10(2)18-21)8-20-6-5-16-15(22)13(20)7-14-17-11(3)19-23-14/h9,13H,4-8H2,1-3H3,(H,16,22). The van der Waals surface area contributed by atoms with E-state index in [1.807, 2.05) is 11.6 Å². The van der Waals surface area contributed by atoms with Crippen molar-refractivity contribution in [2.24, 2.45) is 0 Å². The Morgan fingerprint density at radius 3 is 2.91 bits per heavy atom. The molecule has 0 radical (unpaired) electrons. The Kier molecular flexibility index (Phi) is 4.42. The summed E-state index contributed by atoms with van der Waals surface area (Å²) in [5.41, 5.74) is 2.15. The van der Waals surface area contributed by atoms with Gasteiger partial charge < -0.3 is 9.84 Å². The molecule has 3 rings (SSSR count). The fraction of sp³-hybridized carbons (Fsp3) is 0.600. The van der Waals surface area contributed by atoms with E-state index >= 15 is 0 Å². The van der Waals surface area contributed by atoms with Gasteiger partial charge in [0.15, 0.2) is 5.82 Å². The van der Waals surface area contributed by atoms with E-state index in [0.29, 0.717) is 31.2 Å². The number of hydrogen-bond acceptors (Lipinski definition) is 6. The Balaban J connectivity index is 1.77. The molecule has 124 valence electrons. The van der Waals surface area contributed by atoms with Crippen LogP contribution in [0.15, 0.2) is 10.7 Å². The Bertz CT molecular complexity index is 692. The maximum atomic E-state index is 12.3. The highest BCUT2D eigenvalue weighted by Gasteiger charge is 2.32. The van der Waals surface area contributed by atoms with E-state index in [1.165, 1.54) is 0 Å². The SMILES string of the molecule is CCn1cc(CN2CCNC(=O)C2Cc2nc(C)no2)c(C)n1. The highest BCUT2D eigenvalue weighted by atomic mass is 16.5. The number of carbonyl (C=O) groups is 1. The number of nitrogens with one attached hydrogen (secondary N) is 1. The quantitative estimate of drug-likeness (QED) is 0.861. The molecule has 8 heteroatoms. The number of aryl methyl sites for hydroxylation is 3. The molecule has 0 aromatic carbocycles. The molecule has 1 N–H and O–H groups in total. The van der Waals surface area contributed by atoms with Crippen LogP contribution in [0.2, 0.25) is 0 Å². The van der Waals surface area contributed by atoms with Crippen molar-refractivity contribution in [3.8, 4) is 0 Å². The summed E-state index contributed by atoms with van der Waals surface area (Å²) in [5.74, 6) is 1.09. The number of carbonyl (C=O) groups excluding carboxylic acids is 1. The summed E-state index contributed by atoms with van der Waals surface area (Å²) in [7, 11) is 0. The topological polar surface area (TPSA) is 89.1 Å². The van der Waals surface area contributed by atoms with Crippen LogP contribution in [0.5, 0.6) is 0 Å². The van der Waals surface area contributed by atoms with Gasteiger partial charge in [-0.15, -0.1) is 0 Å². The zero-order valence-corrected chi connectivity index (χ0v) is 13.7. The van der Waals surface area contributed by atoms with E-state index in [4.69, 9.17) is 4.52 Å². The Morgan fingerprint density at radius 2 is 2.26 bits per heavy atom. The molecule has 1 aliphatic rings. The lowest BCUT2D eigenvalue weighted by Gasteiger charge is -2.34. The normalized spacial score (nSPS) is 19.1. The van der Waals surface area contributed by atoms with Crippen LogP contribution in [0, 0.1) is 13.8 Å². The van der Waals surface area contributed by atoms with Gasteiger partial charge >= 0.3 is 0 Å². The third-order valence-electron chi connectivity index (χ3n) is 4.12.